The Morgan fingerprint density at radius 1 is 0.435 bits per heavy atom. The number of aliphatic hydroxyl groups excluding tert-OH is 2. The van der Waals surface area contributed by atoms with Crippen molar-refractivity contribution >= 4 is 11.9 Å². The van der Waals surface area contributed by atoms with Gasteiger partial charge in [0.25, 0.3) is 0 Å². The number of allylic oxidation sites excluding steroid dienone is 3. The topological polar surface area (TPSA) is 95.9 Å². The summed E-state index contributed by atoms with van der Waals surface area (Å²) in [6.07, 6.45) is 61.9. The summed E-state index contributed by atoms with van der Waals surface area (Å²) in [7, 11) is 0. The van der Waals surface area contributed by atoms with Gasteiger partial charge in [0.1, 0.15) is 0 Å². The quantitative estimate of drug-likeness (QED) is 0.0321. The van der Waals surface area contributed by atoms with Gasteiger partial charge in [0.15, 0.2) is 0 Å². The summed E-state index contributed by atoms with van der Waals surface area (Å²) in [5.74, 6) is -0.0780. The molecule has 0 radical (unpaired) electrons. The number of ether oxygens (including phenoxy) is 1. The van der Waals surface area contributed by atoms with Gasteiger partial charge in [0.05, 0.1) is 25.4 Å². The normalized spacial score (nSPS) is 12.8. The van der Waals surface area contributed by atoms with E-state index in [0.717, 1.165) is 57.8 Å². The van der Waals surface area contributed by atoms with E-state index in [-0.39, 0.29) is 18.5 Å². The fraction of sp³-hybridized carbons (Fsp3) is 0.893. The van der Waals surface area contributed by atoms with E-state index in [1.807, 2.05) is 6.08 Å². The highest BCUT2D eigenvalue weighted by atomic mass is 16.5. The summed E-state index contributed by atoms with van der Waals surface area (Å²) in [6.45, 7) is 4.89. The summed E-state index contributed by atoms with van der Waals surface area (Å²) in [5.41, 5.74) is 0. The van der Waals surface area contributed by atoms with E-state index in [1.165, 1.54) is 212 Å². The van der Waals surface area contributed by atoms with Crippen LogP contribution in [0.1, 0.15) is 296 Å². The number of nitrogens with one attached hydrogen (secondary N) is 1. The molecule has 0 aromatic heterocycles. The molecule has 0 saturated carbocycles. The Balaban J connectivity index is 3.45. The summed E-state index contributed by atoms with van der Waals surface area (Å²) in [5, 5.41) is 23.0. The first kappa shape index (κ1) is 60.3. The Morgan fingerprint density at radius 2 is 0.758 bits per heavy atom. The Hall–Kier alpha value is -1.66. The average Bonchev–Trinajstić information content (AvgIpc) is 3.27. The molecular formula is C56H107NO5. The van der Waals surface area contributed by atoms with Gasteiger partial charge in [-0.2, -0.15) is 0 Å². The third-order valence-electron chi connectivity index (χ3n) is 12.7. The molecule has 0 spiro atoms. The molecular weight excluding hydrogens is 767 g/mol. The third kappa shape index (κ3) is 47.8. The van der Waals surface area contributed by atoms with E-state index >= 15 is 0 Å². The van der Waals surface area contributed by atoms with Gasteiger partial charge in [-0.1, -0.05) is 250 Å². The monoisotopic (exact) mass is 874 g/mol. The van der Waals surface area contributed by atoms with Crippen molar-refractivity contribution < 1.29 is 24.5 Å². The Kier molecular flexibility index (Phi) is 50.6. The summed E-state index contributed by atoms with van der Waals surface area (Å²) in [6, 6.07) is -0.636. The van der Waals surface area contributed by atoms with Gasteiger partial charge < -0.3 is 20.3 Å². The summed E-state index contributed by atoms with van der Waals surface area (Å²) >= 11 is 0. The molecule has 2 unspecified atom stereocenters. The van der Waals surface area contributed by atoms with Crippen molar-refractivity contribution in [3.05, 3.63) is 24.3 Å². The van der Waals surface area contributed by atoms with Crippen molar-refractivity contribution in [1.82, 2.24) is 5.32 Å². The minimum Gasteiger partial charge on any atom is -0.466 e. The standard InChI is InChI=1S/C56H107NO5/c1-3-5-7-9-11-13-15-17-22-26-30-34-38-42-46-50-56(61)62-51-47-43-39-35-31-27-24-21-19-18-20-23-25-29-33-37-41-45-49-55(60)57-53(52-58)54(59)48-44-40-36-32-28-16-14-12-10-8-6-4-2/h20,23,44,48,53-54,58-59H,3-19,21-22,24-43,45-47,49-52H2,1-2H3,(H,57,60)/b23-20-,48-44+. The highest BCUT2D eigenvalue weighted by molar-refractivity contribution is 5.76. The first-order valence-corrected chi connectivity index (χ1v) is 27.6. The largest absolute Gasteiger partial charge is 0.466 e. The zero-order chi connectivity index (χ0) is 45.1. The minimum absolute atomic E-state index is 0.00480. The third-order valence-corrected chi connectivity index (χ3v) is 12.7. The molecule has 2 atom stereocenters. The highest BCUT2D eigenvalue weighted by Crippen LogP contribution is 2.16. The van der Waals surface area contributed by atoms with E-state index in [2.05, 4.69) is 31.3 Å². The lowest BCUT2D eigenvalue weighted by molar-refractivity contribution is -0.143. The van der Waals surface area contributed by atoms with Crippen LogP contribution in [0.3, 0.4) is 0 Å². The SMILES string of the molecule is CCCCCCCCCCCC/C=C/C(O)C(CO)NC(=O)CCCCCCC/C=C\CCCCCCCCCCCOC(=O)CCCCCCCCCCCCCCCCC. The van der Waals surface area contributed by atoms with E-state index in [9.17, 15) is 19.8 Å². The lowest BCUT2D eigenvalue weighted by Crippen LogP contribution is -2.45. The van der Waals surface area contributed by atoms with Gasteiger partial charge in [-0.3, -0.25) is 9.59 Å². The maximum atomic E-state index is 12.4. The van der Waals surface area contributed by atoms with E-state index in [4.69, 9.17) is 4.74 Å². The number of esters is 1. The van der Waals surface area contributed by atoms with Crippen LogP contribution in [0.25, 0.3) is 0 Å². The summed E-state index contributed by atoms with van der Waals surface area (Å²) < 4.78 is 5.47. The van der Waals surface area contributed by atoms with Gasteiger partial charge >= 0.3 is 5.97 Å². The maximum absolute atomic E-state index is 12.4. The van der Waals surface area contributed by atoms with Crippen LogP contribution in [-0.2, 0) is 14.3 Å². The van der Waals surface area contributed by atoms with Crippen molar-refractivity contribution in [3.8, 4) is 0 Å². The van der Waals surface area contributed by atoms with Gasteiger partial charge in [0.2, 0.25) is 5.91 Å². The first-order chi connectivity index (χ1) is 30.5. The van der Waals surface area contributed by atoms with Crippen LogP contribution in [0.5, 0.6) is 0 Å². The maximum Gasteiger partial charge on any atom is 0.305 e. The van der Waals surface area contributed by atoms with Crippen molar-refractivity contribution in [2.45, 2.75) is 309 Å². The van der Waals surface area contributed by atoms with E-state index < -0.39 is 12.1 Å². The number of amides is 1. The molecule has 0 heterocycles. The Bertz CT molecular complexity index is 966. The lowest BCUT2D eigenvalue weighted by atomic mass is 10.0. The second-order valence-electron chi connectivity index (χ2n) is 18.9. The number of unbranched alkanes of at least 4 members (excludes halogenated alkanes) is 38. The van der Waals surface area contributed by atoms with Crippen LogP contribution in [0, 0.1) is 0 Å². The molecule has 6 nitrogen and oxygen atoms in total. The molecule has 0 aliphatic carbocycles. The minimum atomic E-state index is -0.851. The fourth-order valence-corrected chi connectivity index (χ4v) is 8.45. The molecule has 62 heavy (non-hydrogen) atoms. The number of carbonyl (C=O) groups is 2. The van der Waals surface area contributed by atoms with Gasteiger partial charge in [-0.25, -0.2) is 0 Å². The molecule has 0 rings (SSSR count). The number of hydrogen-bond donors (Lipinski definition) is 3. The van der Waals surface area contributed by atoms with Crippen LogP contribution >= 0.6 is 0 Å². The number of carbonyl (C=O) groups excluding carboxylic acids is 2. The van der Waals surface area contributed by atoms with Crippen LogP contribution in [0.2, 0.25) is 0 Å². The van der Waals surface area contributed by atoms with Crippen LogP contribution in [-0.4, -0.2) is 47.4 Å². The van der Waals surface area contributed by atoms with Crippen molar-refractivity contribution in [1.29, 1.82) is 0 Å². The van der Waals surface area contributed by atoms with Crippen LogP contribution in [0.4, 0.5) is 0 Å². The molecule has 0 aromatic carbocycles. The Labute approximate surface area is 386 Å². The Morgan fingerprint density at radius 3 is 1.15 bits per heavy atom. The lowest BCUT2D eigenvalue weighted by Gasteiger charge is -2.20. The predicted octanol–water partition coefficient (Wildman–Crippen LogP) is 16.7. The molecule has 0 bridgehead atoms. The molecule has 0 aliphatic rings. The van der Waals surface area contributed by atoms with Gasteiger partial charge in [-0.05, 0) is 57.8 Å². The fourth-order valence-electron chi connectivity index (χ4n) is 8.45. The van der Waals surface area contributed by atoms with Crippen molar-refractivity contribution in [3.63, 3.8) is 0 Å². The van der Waals surface area contributed by atoms with E-state index in [0.29, 0.717) is 19.4 Å². The van der Waals surface area contributed by atoms with Gasteiger partial charge in [-0.15, -0.1) is 0 Å². The number of rotatable bonds is 51. The average molecular weight is 874 g/mol. The van der Waals surface area contributed by atoms with E-state index in [1.54, 1.807) is 6.08 Å². The molecule has 0 aromatic rings. The number of hydrogen-bond acceptors (Lipinski definition) is 5. The smallest absolute Gasteiger partial charge is 0.305 e. The highest BCUT2D eigenvalue weighted by Gasteiger charge is 2.18. The first-order valence-electron chi connectivity index (χ1n) is 27.6. The zero-order valence-electron chi connectivity index (χ0n) is 41.6. The van der Waals surface area contributed by atoms with Crippen molar-refractivity contribution in [2.75, 3.05) is 13.2 Å². The molecule has 0 aliphatic heterocycles. The number of aliphatic hydroxyl groups is 2. The summed E-state index contributed by atoms with van der Waals surface area (Å²) in [4.78, 5) is 24.4. The van der Waals surface area contributed by atoms with Gasteiger partial charge in [0, 0.05) is 12.8 Å². The molecule has 1 amide bonds. The molecule has 366 valence electrons. The second kappa shape index (κ2) is 52.0. The predicted molar refractivity (Wildman–Crippen MR) is 269 cm³/mol. The molecule has 3 N–H and O–H groups in total. The molecule has 6 heteroatoms. The van der Waals surface area contributed by atoms with Crippen LogP contribution < -0.4 is 5.32 Å². The van der Waals surface area contributed by atoms with Crippen LogP contribution in [0.15, 0.2) is 24.3 Å². The second-order valence-corrected chi connectivity index (χ2v) is 18.9. The molecule has 0 fully saturated rings. The zero-order valence-corrected chi connectivity index (χ0v) is 41.6. The van der Waals surface area contributed by atoms with Crippen molar-refractivity contribution in [2.24, 2.45) is 0 Å². The molecule has 0 saturated heterocycles.